The van der Waals surface area contributed by atoms with E-state index in [0.717, 1.165) is 26.7 Å². The van der Waals surface area contributed by atoms with Gasteiger partial charge in [0.05, 0.1) is 5.39 Å². The fourth-order valence-corrected chi connectivity index (χ4v) is 4.37. The highest BCUT2D eigenvalue weighted by molar-refractivity contribution is 7.19. The first-order valence-electron chi connectivity index (χ1n) is 9.12. The molecule has 3 rings (SSSR count). The molecule has 0 aliphatic rings. The minimum Gasteiger partial charge on any atom is -0.481 e. The Morgan fingerprint density at radius 1 is 1.22 bits per heavy atom. The summed E-state index contributed by atoms with van der Waals surface area (Å²) in [7, 11) is 0. The minimum atomic E-state index is -0.852. The summed E-state index contributed by atoms with van der Waals surface area (Å²) in [5, 5.41) is 9.57. The first-order valence-corrected chi connectivity index (χ1v) is 9.94. The van der Waals surface area contributed by atoms with E-state index in [0.29, 0.717) is 18.4 Å². The summed E-state index contributed by atoms with van der Waals surface area (Å²) in [6.07, 6.45) is 0.445. The number of hydrogen-bond acceptors (Lipinski definition) is 4. The van der Waals surface area contributed by atoms with Gasteiger partial charge in [-0.2, -0.15) is 0 Å². The fraction of sp³-hybridized carbons (Fsp3) is 0.381. The highest BCUT2D eigenvalue weighted by atomic mass is 32.1. The molecule has 0 saturated heterocycles. The molecular formula is C21H24N2O3S. The van der Waals surface area contributed by atoms with E-state index in [2.05, 4.69) is 0 Å². The van der Waals surface area contributed by atoms with Crippen LogP contribution in [0.25, 0.3) is 21.3 Å². The monoisotopic (exact) mass is 384 g/mol. The summed E-state index contributed by atoms with van der Waals surface area (Å²) in [5.74, 6) is -0.0540. The van der Waals surface area contributed by atoms with E-state index < -0.39 is 5.97 Å². The molecule has 0 atom stereocenters. The Balaban J connectivity index is 2.22. The number of carboxylic acids is 1. The minimum absolute atomic E-state index is 0.0372. The van der Waals surface area contributed by atoms with Crippen molar-refractivity contribution in [1.29, 1.82) is 0 Å². The van der Waals surface area contributed by atoms with E-state index in [4.69, 9.17) is 10.1 Å². The number of fused-ring (bicyclic) bond motifs is 1. The Kier molecular flexibility index (Phi) is 5.46. The molecule has 0 amide bonds. The Morgan fingerprint density at radius 2 is 1.89 bits per heavy atom. The number of thiophene rings is 1. The molecule has 0 unspecified atom stereocenters. The van der Waals surface area contributed by atoms with Crippen LogP contribution in [0.1, 0.15) is 48.9 Å². The molecule has 0 aliphatic carbocycles. The van der Waals surface area contributed by atoms with E-state index in [-0.39, 0.29) is 17.9 Å². The summed E-state index contributed by atoms with van der Waals surface area (Å²) in [5.41, 5.74) is 3.05. The summed E-state index contributed by atoms with van der Waals surface area (Å²) in [6.45, 7) is 8.42. The zero-order valence-electron chi connectivity index (χ0n) is 16.1. The second-order valence-electron chi connectivity index (χ2n) is 7.16. The topological polar surface area (TPSA) is 72.2 Å². The van der Waals surface area contributed by atoms with E-state index >= 15 is 0 Å². The van der Waals surface area contributed by atoms with Gasteiger partial charge in [0.15, 0.2) is 0 Å². The molecule has 27 heavy (non-hydrogen) atoms. The van der Waals surface area contributed by atoms with Gasteiger partial charge in [0.25, 0.3) is 5.56 Å². The molecular weight excluding hydrogens is 360 g/mol. The van der Waals surface area contributed by atoms with Crippen molar-refractivity contribution in [1.82, 2.24) is 9.55 Å². The van der Waals surface area contributed by atoms with Gasteiger partial charge in [-0.1, -0.05) is 43.7 Å². The standard InChI is InChI=1S/C21H24N2O3S/c1-12(2)19-22-20-18(21(26)23(19)11-5-6-16(24)25)17(14(4)27-20)15-9-7-13(3)8-10-15/h7-10,12H,5-6,11H2,1-4H3,(H,24,25). The largest absolute Gasteiger partial charge is 0.481 e. The highest BCUT2D eigenvalue weighted by Gasteiger charge is 2.20. The molecule has 0 saturated carbocycles. The molecule has 0 spiro atoms. The molecule has 3 aromatic rings. The number of benzene rings is 1. The molecule has 2 aromatic heterocycles. The average molecular weight is 385 g/mol. The molecule has 5 nitrogen and oxygen atoms in total. The van der Waals surface area contributed by atoms with Crippen LogP contribution in [-0.4, -0.2) is 20.6 Å². The van der Waals surface area contributed by atoms with Crippen molar-refractivity contribution in [3.8, 4) is 11.1 Å². The van der Waals surface area contributed by atoms with Crippen molar-refractivity contribution in [3.63, 3.8) is 0 Å². The van der Waals surface area contributed by atoms with Crippen LogP contribution in [0.5, 0.6) is 0 Å². The van der Waals surface area contributed by atoms with E-state index in [1.54, 1.807) is 15.9 Å². The second kappa shape index (κ2) is 7.64. The third-order valence-electron chi connectivity index (χ3n) is 4.65. The summed E-state index contributed by atoms with van der Waals surface area (Å²) >= 11 is 1.54. The number of aromatic nitrogens is 2. The molecule has 2 heterocycles. The van der Waals surface area contributed by atoms with Gasteiger partial charge in [-0.05, 0) is 25.8 Å². The van der Waals surface area contributed by atoms with E-state index in [1.807, 2.05) is 52.0 Å². The third-order valence-corrected chi connectivity index (χ3v) is 5.65. The lowest BCUT2D eigenvalue weighted by molar-refractivity contribution is -0.137. The lowest BCUT2D eigenvalue weighted by Gasteiger charge is -2.15. The van der Waals surface area contributed by atoms with Crippen LogP contribution < -0.4 is 5.56 Å². The number of carboxylic acid groups (broad SMARTS) is 1. The van der Waals surface area contributed by atoms with Crippen molar-refractivity contribution in [2.24, 2.45) is 0 Å². The van der Waals surface area contributed by atoms with Crippen LogP contribution in [0.3, 0.4) is 0 Å². The molecule has 0 aliphatic heterocycles. The zero-order valence-corrected chi connectivity index (χ0v) is 16.9. The lowest BCUT2D eigenvalue weighted by atomic mass is 10.0. The van der Waals surface area contributed by atoms with E-state index in [9.17, 15) is 9.59 Å². The van der Waals surface area contributed by atoms with Gasteiger partial charge in [0.2, 0.25) is 0 Å². The smallest absolute Gasteiger partial charge is 0.303 e. The Labute approximate surface area is 162 Å². The van der Waals surface area contributed by atoms with Gasteiger partial charge in [0.1, 0.15) is 10.7 Å². The lowest BCUT2D eigenvalue weighted by Crippen LogP contribution is -2.26. The first-order chi connectivity index (χ1) is 12.8. The molecule has 6 heteroatoms. The van der Waals surface area contributed by atoms with Crippen LogP contribution in [0.4, 0.5) is 0 Å². The van der Waals surface area contributed by atoms with Crippen molar-refractivity contribution < 1.29 is 9.90 Å². The number of hydrogen-bond donors (Lipinski definition) is 1. The van der Waals surface area contributed by atoms with Crippen molar-refractivity contribution in [2.45, 2.75) is 53.0 Å². The summed E-state index contributed by atoms with van der Waals surface area (Å²) < 4.78 is 1.67. The third kappa shape index (κ3) is 3.81. The zero-order chi connectivity index (χ0) is 19.7. The van der Waals surface area contributed by atoms with Crippen LogP contribution >= 0.6 is 11.3 Å². The predicted octanol–water partition coefficient (Wildman–Crippen LogP) is 4.73. The van der Waals surface area contributed by atoms with Crippen LogP contribution in [0, 0.1) is 13.8 Å². The average Bonchev–Trinajstić information content (AvgIpc) is 2.93. The van der Waals surface area contributed by atoms with Gasteiger partial charge in [-0.25, -0.2) is 4.98 Å². The maximum atomic E-state index is 13.4. The fourth-order valence-electron chi connectivity index (χ4n) is 3.32. The molecule has 0 radical (unpaired) electrons. The van der Waals surface area contributed by atoms with Gasteiger partial charge >= 0.3 is 5.97 Å². The van der Waals surface area contributed by atoms with Gasteiger partial charge < -0.3 is 5.11 Å². The summed E-state index contributed by atoms with van der Waals surface area (Å²) in [4.78, 5) is 30.9. The van der Waals surface area contributed by atoms with Crippen molar-refractivity contribution in [3.05, 3.63) is 50.9 Å². The Morgan fingerprint density at radius 3 is 2.48 bits per heavy atom. The maximum Gasteiger partial charge on any atom is 0.303 e. The number of carbonyl (C=O) groups is 1. The number of rotatable bonds is 6. The Hall–Kier alpha value is -2.47. The number of aliphatic carboxylic acids is 1. The quantitative estimate of drug-likeness (QED) is 0.667. The summed E-state index contributed by atoms with van der Waals surface area (Å²) in [6, 6.07) is 8.15. The molecule has 0 fully saturated rings. The molecule has 142 valence electrons. The maximum absolute atomic E-state index is 13.4. The highest BCUT2D eigenvalue weighted by Crippen LogP contribution is 2.36. The van der Waals surface area contributed by atoms with Crippen LogP contribution in [-0.2, 0) is 11.3 Å². The number of aryl methyl sites for hydroxylation is 2. The first kappa shape index (κ1) is 19.3. The predicted molar refractivity (Wildman–Crippen MR) is 110 cm³/mol. The molecule has 0 bridgehead atoms. The van der Waals surface area contributed by atoms with Crippen LogP contribution in [0.15, 0.2) is 29.1 Å². The van der Waals surface area contributed by atoms with Crippen molar-refractivity contribution in [2.75, 3.05) is 0 Å². The van der Waals surface area contributed by atoms with Gasteiger partial charge in [0, 0.05) is 29.3 Å². The normalized spacial score (nSPS) is 11.4. The van der Waals surface area contributed by atoms with E-state index in [1.165, 1.54) is 5.56 Å². The Bertz CT molecular complexity index is 1050. The van der Waals surface area contributed by atoms with Gasteiger partial charge in [-0.3, -0.25) is 14.2 Å². The van der Waals surface area contributed by atoms with Gasteiger partial charge in [-0.15, -0.1) is 11.3 Å². The molecule has 1 aromatic carbocycles. The number of nitrogens with zero attached hydrogens (tertiary/aromatic N) is 2. The van der Waals surface area contributed by atoms with Crippen LogP contribution in [0.2, 0.25) is 0 Å². The molecule has 1 N–H and O–H groups in total. The SMILES string of the molecule is Cc1ccc(-c2c(C)sc3nc(C(C)C)n(CCCC(=O)O)c(=O)c23)cc1. The second-order valence-corrected chi connectivity index (χ2v) is 8.36. The van der Waals surface area contributed by atoms with Crippen molar-refractivity contribution >= 4 is 27.5 Å².